The zero-order chi connectivity index (χ0) is 12.0. The summed E-state index contributed by atoms with van der Waals surface area (Å²) in [4.78, 5) is 14.1. The van der Waals surface area contributed by atoms with Gasteiger partial charge in [0.1, 0.15) is 0 Å². The van der Waals surface area contributed by atoms with Crippen molar-refractivity contribution in [3.8, 4) is 0 Å². The number of anilines is 1. The van der Waals surface area contributed by atoms with Crippen molar-refractivity contribution >= 4 is 29.3 Å². The number of aromatic nitrogens is 3. The minimum atomic E-state index is 0.230. The van der Waals surface area contributed by atoms with Gasteiger partial charge in [-0.2, -0.15) is 15.0 Å². The van der Waals surface area contributed by atoms with Crippen LogP contribution in [0.2, 0.25) is 5.28 Å². The molecule has 0 aliphatic rings. The van der Waals surface area contributed by atoms with Crippen LogP contribution in [0.3, 0.4) is 0 Å². The third-order valence-corrected chi connectivity index (χ3v) is 2.80. The number of hydrogen-bond acceptors (Lipinski definition) is 6. The maximum atomic E-state index is 5.81. The molecule has 0 N–H and O–H groups in total. The van der Waals surface area contributed by atoms with Crippen LogP contribution in [0.15, 0.2) is 5.16 Å². The highest BCUT2D eigenvalue weighted by molar-refractivity contribution is 7.99. The fourth-order valence-electron chi connectivity index (χ4n) is 0.953. The Morgan fingerprint density at radius 3 is 2.69 bits per heavy atom. The first-order valence-corrected chi connectivity index (χ1v) is 6.20. The fraction of sp³-hybridized carbons (Fsp3) is 0.667. The van der Waals surface area contributed by atoms with E-state index < -0.39 is 0 Å². The Hall–Kier alpha value is -0.590. The highest BCUT2D eigenvalue weighted by atomic mass is 35.5. The Morgan fingerprint density at radius 2 is 2.06 bits per heavy atom. The summed E-state index contributed by atoms with van der Waals surface area (Å²) >= 11 is 7.36. The number of rotatable bonds is 6. The van der Waals surface area contributed by atoms with Crippen LogP contribution in [-0.2, 0) is 4.74 Å². The van der Waals surface area contributed by atoms with Gasteiger partial charge in [-0.15, -0.1) is 0 Å². The maximum absolute atomic E-state index is 5.81. The summed E-state index contributed by atoms with van der Waals surface area (Å²) in [6.07, 6.45) is 0.960. The van der Waals surface area contributed by atoms with Gasteiger partial charge in [0, 0.05) is 33.6 Å². The summed E-state index contributed by atoms with van der Waals surface area (Å²) in [5.74, 6) is 1.48. The molecule has 0 atom stereocenters. The second-order valence-electron chi connectivity index (χ2n) is 3.28. The molecular formula is C9H15ClN4OS. The number of thioether (sulfide) groups is 1. The van der Waals surface area contributed by atoms with Crippen molar-refractivity contribution in [1.29, 1.82) is 0 Å². The molecule has 0 fully saturated rings. The molecule has 0 amide bonds. The van der Waals surface area contributed by atoms with Gasteiger partial charge in [0.05, 0.1) is 0 Å². The van der Waals surface area contributed by atoms with E-state index in [2.05, 4.69) is 15.0 Å². The van der Waals surface area contributed by atoms with E-state index in [1.54, 1.807) is 23.8 Å². The number of nitrogens with zero attached hydrogens (tertiary/aromatic N) is 4. The summed E-state index contributed by atoms with van der Waals surface area (Å²) < 4.78 is 4.96. The number of ether oxygens (including phenoxy) is 1. The molecule has 5 nitrogen and oxygen atoms in total. The van der Waals surface area contributed by atoms with Gasteiger partial charge in [0.15, 0.2) is 5.16 Å². The summed E-state index contributed by atoms with van der Waals surface area (Å²) in [6, 6.07) is 0. The molecule has 16 heavy (non-hydrogen) atoms. The third kappa shape index (κ3) is 4.51. The normalized spacial score (nSPS) is 10.5. The quantitative estimate of drug-likeness (QED) is 0.575. The smallest absolute Gasteiger partial charge is 0.230 e. The van der Waals surface area contributed by atoms with E-state index in [9.17, 15) is 0 Å². The minimum Gasteiger partial charge on any atom is -0.385 e. The van der Waals surface area contributed by atoms with Crippen LogP contribution in [0.1, 0.15) is 6.42 Å². The van der Waals surface area contributed by atoms with Crippen molar-refractivity contribution in [2.24, 2.45) is 0 Å². The standard InChI is InChI=1S/C9H15ClN4OS/c1-14(2)8-11-7(10)12-9(13-8)16-6-4-5-15-3/h4-6H2,1-3H3. The third-order valence-electron chi connectivity index (χ3n) is 1.70. The predicted octanol–water partition coefficient (Wildman–Crippen LogP) is 1.72. The van der Waals surface area contributed by atoms with Crippen molar-refractivity contribution in [3.05, 3.63) is 5.28 Å². The molecule has 0 radical (unpaired) electrons. The molecular weight excluding hydrogens is 248 g/mol. The van der Waals surface area contributed by atoms with Gasteiger partial charge < -0.3 is 9.64 Å². The number of halogens is 1. The molecule has 0 bridgehead atoms. The molecule has 0 aliphatic carbocycles. The minimum absolute atomic E-state index is 0.230. The van der Waals surface area contributed by atoms with E-state index in [0.29, 0.717) is 11.1 Å². The molecule has 0 unspecified atom stereocenters. The predicted molar refractivity (Wildman–Crippen MR) is 66.4 cm³/mol. The van der Waals surface area contributed by atoms with Gasteiger partial charge in [-0.25, -0.2) is 0 Å². The van der Waals surface area contributed by atoms with Crippen molar-refractivity contribution < 1.29 is 4.74 Å². The highest BCUT2D eigenvalue weighted by Gasteiger charge is 2.06. The molecule has 0 aliphatic heterocycles. The molecule has 0 spiro atoms. The van der Waals surface area contributed by atoms with E-state index >= 15 is 0 Å². The van der Waals surface area contributed by atoms with Gasteiger partial charge in [-0.05, 0) is 18.0 Å². The van der Waals surface area contributed by atoms with Crippen LogP contribution >= 0.6 is 23.4 Å². The Bertz CT molecular complexity index is 337. The molecule has 90 valence electrons. The van der Waals surface area contributed by atoms with E-state index in [1.165, 1.54) is 0 Å². The van der Waals surface area contributed by atoms with E-state index in [1.807, 2.05) is 14.1 Å². The van der Waals surface area contributed by atoms with Crippen LogP contribution in [-0.4, -0.2) is 48.5 Å². The first-order valence-electron chi connectivity index (χ1n) is 4.84. The topological polar surface area (TPSA) is 51.1 Å². The first kappa shape index (κ1) is 13.5. The fourth-order valence-corrected chi connectivity index (χ4v) is 1.90. The van der Waals surface area contributed by atoms with Crippen LogP contribution in [0.25, 0.3) is 0 Å². The van der Waals surface area contributed by atoms with E-state index in [-0.39, 0.29) is 5.28 Å². The van der Waals surface area contributed by atoms with E-state index in [0.717, 1.165) is 18.8 Å². The van der Waals surface area contributed by atoms with Crippen molar-refractivity contribution in [2.45, 2.75) is 11.6 Å². The molecule has 0 saturated heterocycles. The molecule has 1 aromatic rings. The van der Waals surface area contributed by atoms with Crippen molar-refractivity contribution in [2.75, 3.05) is 38.5 Å². The summed E-state index contributed by atoms with van der Waals surface area (Å²) in [6.45, 7) is 0.742. The molecule has 1 heterocycles. The highest BCUT2D eigenvalue weighted by Crippen LogP contribution is 2.18. The lowest BCUT2D eigenvalue weighted by Crippen LogP contribution is -2.13. The molecule has 7 heteroatoms. The van der Waals surface area contributed by atoms with Crippen LogP contribution < -0.4 is 4.90 Å². The average molecular weight is 263 g/mol. The Labute approximate surface area is 105 Å². The monoisotopic (exact) mass is 262 g/mol. The number of methoxy groups -OCH3 is 1. The summed E-state index contributed by atoms with van der Waals surface area (Å²) in [7, 11) is 5.42. The second kappa shape index (κ2) is 6.88. The van der Waals surface area contributed by atoms with E-state index in [4.69, 9.17) is 16.3 Å². The zero-order valence-corrected chi connectivity index (χ0v) is 11.2. The van der Waals surface area contributed by atoms with Gasteiger partial charge in [-0.3, -0.25) is 0 Å². The number of hydrogen-bond donors (Lipinski definition) is 0. The lowest BCUT2D eigenvalue weighted by Gasteiger charge is -2.10. The van der Waals surface area contributed by atoms with Crippen LogP contribution in [0.4, 0.5) is 5.95 Å². The Kier molecular flexibility index (Phi) is 5.79. The molecule has 1 rings (SSSR count). The Morgan fingerprint density at radius 1 is 1.31 bits per heavy atom. The Balaban J connectivity index is 2.58. The van der Waals surface area contributed by atoms with Crippen LogP contribution in [0.5, 0.6) is 0 Å². The summed E-state index contributed by atoms with van der Waals surface area (Å²) in [5.41, 5.74) is 0. The average Bonchev–Trinajstić information content (AvgIpc) is 2.23. The van der Waals surface area contributed by atoms with Crippen molar-refractivity contribution in [3.63, 3.8) is 0 Å². The largest absolute Gasteiger partial charge is 0.385 e. The van der Waals surface area contributed by atoms with Crippen molar-refractivity contribution in [1.82, 2.24) is 15.0 Å². The lowest BCUT2D eigenvalue weighted by molar-refractivity contribution is 0.200. The molecule has 1 aromatic heterocycles. The maximum Gasteiger partial charge on any atom is 0.230 e. The van der Waals surface area contributed by atoms with Gasteiger partial charge in [-0.1, -0.05) is 11.8 Å². The molecule has 0 aromatic carbocycles. The second-order valence-corrected chi connectivity index (χ2v) is 4.68. The SMILES string of the molecule is COCCCSc1nc(Cl)nc(N(C)C)n1. The summed E-state index contributed by atoms with van der Waals surface area (Å²) in [5, 5.41) is 0.882. The van der Waals surface area contributed by atoms with Crippen LogP contribution in [0, 0.1) is 0 Å². The lowest BCUT2D eigenvalue weighted by atomic mass is 10.5. The van der Waals surface area contributed by atoms with Gasteiger partial charge in [0.25, 0.3) is 0 Å². The van der Waals surface area contributed by atoms with Gasteiger partial charge >= 0.3 is 0 Å². The molecule has 0 saturated carbocycles. The zero-order valence-electron chi connectivity index (χ0n) is 9.60. The van der Waals surface area contributed by atoms with Gasteiger partial charge in [0.2, 0.25) is 11.2 Å². The first-order chi connectivity index (χ1) is 7.63.